The van der Waals surface area contributed by atoms with Crippen molar-refractivity contribution in [1.29, 1.82) is 0 Å². The van der Waals surface area contributed by atoms with Gasteiger partial charge in [0.25, 0.3) is 0 Å². The van der Waals surface area contributed by atoms with E-state index in [0.29, 0.717) is 5.92 Å². The summed E-state index contributed by atoms with van der Waals surface area (Å²) in [5.74, 6) is 0.427. The van der Waals surface area contributed by atoms with E-state index in [1.165, 1.54) is 5.56 Å². The number of benzene rings is 1. The first-order chi connectivity index (χ1) is 9.33. The van der Waals surface area contributed by atoms with E-state index in [9.17, 15) is 4.79 Å². The second-order valence-corrected chi connectivity index (χ2v) is 6.19. The molecular formula is C17H26N2O. The highest BCUT2D eigenvalue weighted by Crippen LogP contribution is 2.26. The van der Waals surface area contributed by atoms with Crippen LogP contribution in [0.3, 0.4) is 0 Å². The lowest BCUT2D eigenvalue weighted by atomic mass is 9.97. The molecule has 0 fully saturated rings. The zero-order chi connectivity index (χ0) is 15.2. The lowest BCUT2D eigenvalue weighted by molar-refractivity contribution is 0.255. The number of para-hydroxylation sites is 1. The molecule has 20 heavy (non-hydrogen) atoms. The van der Waals surface area contributed by atoms with Gasteiger partial charge in [0.2, 0.25) is 0 Å². The van der Waals surface area contributed by atoms with Crippen LogP contribution in [0, 0.1) is 5.41 Å². The number of urea groups is 1. The van der Waals surface area contributed by atoms with Crippen molar-refractivity contribution in [3.05, 3.63) is 42.1 Å². The Labute approximate surface area is 122 Å². The van der Waals surface area contributed by atoms with Crippen molar-refractivity contribution < 1.29 is 4.79 Å². The Morgan fingerprint density at radius 3 is 2.55 bits per heavy atom. The average molecular weight is 274 g/mol. The summed E-state index contributed by atoms with van der Waals surface area (Å²) in [4.78, 5) is 11.9. The van der Waals surface area contributed by atoms with Gasteiger partial charge in [-0.3, -0.25) is 0 Å². The Hall–Kier alpha value is -1.77. The Bertz CT molecular complexity index is 472. The fourth-order valence-corrected chi connectivity index (χ4v) is 1.79. The Balaban J connectivity index is 2.69. The van der Waals surface area contributed by atoms with Crippen LogP contribution < -0.4 is 10.6 Å². The first-order valence-electron chi connectivity index (χ1n) is 7.17. The van der Waals surface area contributed by atoms with E-state index in [2.05, 4.69) is 51.3 Å². The average Bonchev–Trinajstić information content (AvgIpc) is 2.37. The van der Waals surface area contributed by atoms with Crippen molar-refractivity contribution in [2.75, 3.05) is 5.32 Å². The molecule has 2 amide bonds. The molecule has 110 valence electrons. The molecule has 3 nitrogen and oxygen atoms in total. The van der Waals surface area contributed by atoms with Gasteiger partial charge in [-0.05, 0) is 29.4 Å². The van der Waals surface area contributed by atoms with Gasteiger partial charge in [-0.1, -0.05) is 58.9 Å². The van der Waals surface area contributed by atoms with E-state index in [1.54, 1.807) is 6.20 Å². The highest BCUT2D eigenvalue weighted by molar-refractivity contribution is 5.90. The predicted molar refractivity (Wildman–Crippen MR) is 85.9 cm³/mol. The first-order valence-corrected chi connectivity index (χ1v) is 7.17. The molecule has 0 aliphatic heterocycles. The van der Waals surface area contributed by atoms with Gasteiger partial charge in [-0.2, -0.15) is 0 Å². The predicted octanol–water partition coefficient (Wildman–Crippen LogP) is 4.88. The molecular weight excluding hydrogens is 248 g/mol. The number of anilines is 1. The minimum absolute atomic E-state index is 0.0575. The largest absolute Gasteiger partial charge is 0.323 e. The van der Waals surface area contributed by atoms with E-state index >= 15 is 0 Å². The number of allylic oxidation sites excluding steroid dienone is 1. The van der Waals surface area contributed by atoms with Gasteiger partial charge in [0.15, 0.2) is 0 Å². The molecule has 3 heteroatoms. The third kappa shape index (κ3) is 5.47. The third-order valence-electron chi connectivity index (χ3n) is 3.15. The molecule has 0 saturated carbocycles. The lowest BCUT2D eigenvalue weighted by Gasteiger charge is -2.15. The maximum Gasteiger partial charge on any atom is 0.323 e. The lowest BCUT2D eigenvalue weighted by Crippen LogP contribution is -2.25. The summed E-state index contributed by atoms with van der Waals surface area (Å²) in [5, 5.41) is 5.65. The van der Waals surface area contributed by atoms with Crippen LogP contribution in [-0.4, -0.2) is 6.03 Å². The minimum Gasteiger partial charge on any atom is -0.315 e. The molecule has 0 saturated heterocycles. The number of carbonyl (C=O) groups excluding carboxylic acids is 1. The van der Waals surface area contributed by atoms with Gasteiger partial charge in [0.05, 0.1) is 0 Å². The third-order valence-corrected chi connectivity index (χ3v) is 3.15. The summed E-state index contributed by atoms with van der Waals surface area (Å²) >= 11 is 0. The van der Waals surface area contributed by atoms with Crippen LogP contribution in [0.25, 0.3) is 0 Å². The van der Waals surface area contributed by atoms with Gasteiger partial charge in [0, 0.05) is 11.9 Å². The van der Waals surface area contributed by atoms with Crippen LogP contribution in [-0.2, 0) is 0 Å². The molecule has 1 unspecified atom stereocenters. The Morgan fingerprint density at radius 1 is 1.30 bits per heavy atom. The smallest absolute Gasteiger partial charge is 0.315 e. The monoisotopic (exact) mass is 274 g/mol. The van der Waals surface area contributed by atoms with Crippen molar-refractivity contribution in [2.24, 2.45) is 5.41 Å². The second kappa shape index (κ2) is 7.13. The highest BCUT2D eigenvalue weighted by Gasteiger charge is 2.10. The van der Waals surface area contributed by atoms with Crippen LogP contribution in [0.2, 0.25) is 0 Å². The summed E-state index contributed by atoms with van der Waals surface area (Å²) in [5.41, 5.74) is 2.11. The fourth-order valence-electron chi connectivity index (χ4n) is 1.79. The van der Waals surface area contributed by atoms with E-state index in [-0.39, 0.29) is 11.4 Å². The number of hydrogen-bond acceptors (Lipinski definition) is 1. The van der Waals surface area contributed by atoms with Gasteiger partial charge in [-0.25, -0.2) is 4.79 Å². The maximum absolute atomic E-state index is 11.9. The first kappa shape index (κ1) is 16.3. The molecule has 0 aliphatic carbocycles. The molecule has 0 spiro atoms. The van der Waals surface area contributed by atoms with Crippen molar-refractivity contribution >= 4 is 11.7 Å². The molecule has 1 atom stereocenters. The molecule has 1 aromatic carbocycles. The van der Waals surface area contributed by atoms with Crippen molar-refractivity contribution in [3.63, 3.8) is 0 Å². The molecule has 1 rings (SSSR count). The second-order valence-electron chi connectivity index (χ2n) is 6.19. The van der Waals surface area contributed by atoms with Crippen LogP contribution in [0.1, 0.15) is 52.5 Å². The quantitative estimate of drug-likeness (QED) is 0.807. The van der Waals surface area contributed by atoms with Crippen LogP contribution in [0.5, 0.6) is 0 Å². The summed E-state index contributed by atoms with van der Waals surface area (Å²) in [6.07, 6.45) is 4.71. The van der Waals surface area contributed by atoms with Crippen molar-refractivity contribution in [2.45, 2.75) is 47.0 Å². The Morgan fingerprint density at radius 2 is 1.95 bits per heavy atom. The van der Waals surface area contributed by atoms with E-state index in [4.69, 9.17) is 0 Å². The van der Waals surface area contributed by atoms with Gasteiger partial charge >= 0.3 is 6.03 Å². The molecule has 2 N–H and O–H groups in total. The van der Waals surface area contributed by atoms with Gasteiger partial charge < -0.3 is 10.6 Å². The molecule has 1 aromatic rings. The Kier molecular flexibility index (Phi) is 5.81. The number of carbonyl (C=O) groups is 1. The molecule has 0 radical (unpaired) electrons. The van der Waals surface area contributed by atoms with Crippen molar-refractivity contribution in [1.82, 2.24) is 5.32 Å². The van der Waals surface area contributed by atoms with Crippen LogP contribution in [0.4, 0.5) is 10.5 Å². The number of amides is 2. The molecule has 0 heterocycles. The summed E-state index contributed by atoms with van der Waals surface area (Å²) < 4.78 is 0. The van der Waals surface area contributed by atoms with E-state index < -0.39 is 0 Å². The van der Waals surface area contributed by atoms with E-state index in [0.717, 1.165) is 12.1 Å². The summed E-state index contributed by atoms with van der Waals surface area (Å²) in [6, 6.07) is 7.74. The number of rotatable bonds is 4. The fraction of sp³-hybridized carbons (Fsp3) is 0.471. The topological polar surface area (TPSA) is 41.1 Å². The standard InChI is InChI=1S/C17H26N2O/c1-6-13(2)14-9-7-8-10-15(14)19-16(20)18-12-11-17(3,4)5/h7-13H,6H2,1-5H3,(H2,18,19,20)/b12-11+. The normalized spacial score (nSPS) is 13.2. The van der Waals surface area contributed by atoms with Gasteiger partial charge in [0.1, 0.15) is 0 Å². The van der Waals surface area contributed by atoms with Crippen LogP contribution in [0.15, 0.2) is 36.5 Å². The van der Waals surface area contributed by atoms with Crippen LogP contribution >= 0.6 is 0 Å². The minimum atomic E-state index is -0.207. The zero-order valence-corrected chi connectivity index (χ0v) is 13.2. The SMILES string of the molecule is CCC(C)c1ccccc1NC(=O)N/C=C/C(C)(C)C. The van der Waals surface area contributed by atoms with Crippen molar-refractivity contribution in [3.8, 4) is 0 Å². The number of hydrogen-bond donors (Lipinski definition) is 2. The molecule has 0 aliphatic rings. The highest BCUT2D eigenvalue weighted by atomic mass is 16.2. The summed E-state index contributed by atoms with van der Waals surface area (Å²) in [7, 11) is 0. The molecule has 0 bridgehead atoms. The molecule has 0 aromatic heterocycles. The summed E-state index contributed by atoms with van der Waals surface area (Å²) in [6.45, 7) is 10.6. The van der Waals surface area contributed by atoms with E-state index in [1.807, 2.05) is 24.3 Å². The zero-order valence-electron chi connectivity index (χ0n) is 13.2. The van der Waals surface area contributed by atoms with Gasteiger partial charge in [-0.15, -0.1) is 0 Å². The maximum atomic E-state index is 11.9. The number of nitrogens with one attached hydrogen (secondary N) is 2.